The first-order valence-electron chi connectivity index (χ1n) is 10.1. The van der Waals surface area contributed by atoms with Crippen LogP contribution in [0.1, 0.15) is 49.7 Å². The molecular formula is C25H28O3. The maximum atomic E-state index is 13.2. The maximum absolute atomic E-state index is 13.2. The minimum absolute atomic E-state index is 0.0444. The van der Waals surface area contributed by atoms with Gasteiger partial charge in [-0.15, -0.1) is 6.58 Å². The first kappa shape index (κ1) is 20.1. The second-order valence-electron chi connectivity index (χ2n) is 7.66. The fourth-order valence-corrected chi connectivity index (χ4v) is 4.15. The van der Waals surface area contributed by atoms with Gasteiger partial charge in [-0.25, -0.2) is 0 Å². The highest BCUT2D eigenvalue weighted by atomic mass is 16.6. The van der Waals surface area contributed by atoms with Crippen LogP contribution in [0.5, 0.6) is 0 Å². The van der Waals surface area contributed by atoms with E-state index < -0.39 is 17.5 Å². The van der Waals surface area contributed by atoms with Crippen LogP contribution in [0, 0.1) is 5.92 Å². The molecule has 0 spiro atoms. The molecule has 0 aliphatic carbocycles. The van der Waals surface area contributed by atoms with Gasteiger partial charge in [0.15, 0.2) is 5.78 Å². The summed E-state index contributed by atoms with van der Waals surface area (Å²) in [5, 5.41) is 0. The number of benzene rings is 2. The molecule has 3 unspecified atom stereocenters. The van der Waals surface area contributed by atoms with Crippen LogP contribution in [0.4, 0.5) is 0 Å². The lowest BCUT2D eigenvalue weighted by molar-refractivity contribution is -0.179. The van der Waals surface area contributed by atoms with Crippen LogP contribution in [-0.2, 0) is 20.7 Å². The molecule has 0 radical (unpaired) electrons. The van der Waals surface area contributed by atoms with E-state index in [4.69, 9.17) is 4.74 Å². The number of carbonyl (C=O) groups excluding carboxylic acids is 2. The van der Waals surface area contributed by atoms with E-state index in [9.17, 15) is 9.59 Å². The topological polar surface area (TPSA) is 43.4 Å². The van der Waals surface area contributed by atoms with Gasteiger partial charge in [0.25, 0.3) is 0 Å². The molecule has 0 bridgehead atoms. The van der Waals surface area contributed by atoms with Crippen LogP contribution < -0.4 is 0 Å². The maximum Gasteiger partial charge on any atom is 0.318 e. The molecule has 3 nitrogen and oxygen atoms in total. The van der Waals surface area contributed by atoms with E-state index in [0.29, 0.717) is 12.8 Å². The summed E-state index contributed by atoms with van der Waals surface area (Å²) in [4.78, 5) is 26.3. The molecule has 1 aliphatic heterocycles. The van der Waals surface area contributed by atoms with Gasteiger partial charge in [-0.1, -0.05) is 80.1 Å². The number of hydrogen-bond acceptors (Lipinski definition) is 3. The Kier molecular flexibility index (Phi) is 6.45. The molecule has 1 aliphatic rings. The van der Waals surface area contributed by atoms with E-state index in [1.807, 2.05) is 60.7 Å². The summed E-state index contributed by atoms with van der Waals surface area (Å²) in [6, 6.07) is 19.5. The fraction of sp³-hybridized carbons (Fsp3) is 0.360. The third-order valence-corrected chi connectivity index (χ3v) is 5.57. The summed E-state index contributed by atoms with van der Waals surface area (Å²) < 4.78 is 6.06. The van der Waals surface area contributed by atoms with Crippen molar-refractivity contribution in [1.29, 1.82) is 0 Å². The van der Waals surface area contributed by atoms with Crippen LogP contribution in [-0.4, -0.2) is 17.4 Å². The summed E-state index contributed by atoms with van der Waals surface area (Å²) in [6.07, 6.45) is 5.13. The number of ether oxygens (including phenoxy) is 1. The zero-order valence-corrected chi connectivity index (χ0v) is 16.5. The summed E-state index contributed by atoms with van der Waals surface area (Å²) in [5.41, 5.74) is 1.25. The van der Waals surface area contributed by atoms with Crippen molar-refractivity contribution in [3.8, 4) is 0 Å². The number of cyclic esters (lactones) is 1. The molecule has 3 rings (SSSR count). The first-order chi connectivity index (χ1) is 13.6. The molecule has 3 heteroatoms. The Morgan fingerprint density at radius 3 is 2.32 bits per heavy atom. The van der Waals surface area contributed by atoms with Crippen molar-refractivity contribution < 1.29 is 14.3 Å². The van der Waals surface area contributed by atoms with E-state index in [1.165, 1.54) is 0 Å². The van der Waals surface area contributed by atoms with Crippen molar-refractivity contribution in [2.45, 2.75) is 50.5 Å². The number of ketones is 1. The molecule has 0 aromatic heterocycles. The molecule has 1 heterocycles. The van der Waals surface area contributed by atoms with Crippen LogP contribution in [0.3, 0.4) is 0 Å². The van der Waals surface area contributed by atoms with E-state index in [1.54, 1.807) is 6.08 Å². The van der Waals surface area contributed by atoms with E-state index in [2.05, 4.69) is 13.5 Å². The van der Waals surface area contributed by atoms with Crippen LogP contribution in [0.25, 0.3) is 0 Å². The van der Waals surface area contributed by atoms with Crippen molar-refractivity contribution in [3.63, 3.8) is 0 Å². The number of carbonyl (C=O) groups is 2. The Morgan fingerprint density at radius 1 is 1.11 bits per heavy atom. The molecule has 2 aromatic rings. The van der Waals surface area contributed by atoms with Gasteiger partial charge < -0.3 is 4.74 Å². The largest absolute Gasteiger partial charge is 0.458 e. The SMILES string of the molecule is C=CC(c1ccccc1)C1C(=O)CC(CCCC)(Cc2ccccc2)OC1=O. The number of Topliss-reactive ketones (excluding diaryl/α,β-unsaturated/α-hetero) is 1. The summed E-state index contributed by atoms with van der Waals surface area (Å²) in [6.45, 7) is 5.98. The lowest BCUT2D eigenvalue weighted by Gasteiger charge is -2.40. The van der Waals surface area contributed by atoms with Crippen molar-refractivity contribution in [1.82, 2.24) is 0 Å². The molecule has 0 saturated carbocycles. The average molecular weight is 376 g/mol. The smallest absolute Gasteiger partial charge is 0.318 e. The molecule has 2 aromatic carbocycles. The molecule has 0 amide bonds. The first-order valence-corrected chi connectivity index (χ1v) is 10.1. The van der Waals surface area contributed by atoms with E-state index >= 15 is 0 Å². The van der Waals surface area contributed by atoms with Gasteiger partial charge in [0.05, 0.1) is 0 Å². The Balaban J connectivity index is 1.87. The van der Waals surface area contributed by atoms with Gasteiger partial charge in [-0.05, 0) is 24.0 Å². The molecule has 28 heavy (non-hydrogen) atoms. The Morgan fingerprint density at radius 2 is 1.75 bits per heavy atom. The summed E-state index contributed by atoms with van der Waals surface area (Å²) in [5.74, 6) is -1.64. The molecule has 1 saturated heterocycles. The lowest BCUT2D eigenvalue weighted by atomic mass is 9.74. The molecule has 0 N–H and O–H groups in total. The molecule has 3 atom stereocenters. The van der Waals surface area contributed by atoms with Crippen molar-refractivity contribution in [3.05, 3.63) is 84.4 Å². The Hall–Kier alpha value is -2.68. The second-order valence-corrected chi connectivity index (χ2v) is 7.66. The van der Waals surface area contributed by atoms with E-state index in [-0.39, 0.29) is 18.1 Å². The second kappa shape index (κ2) is 9.01. The van der Waals surface area contributed by atoms with Gasteiger partial charge in [0.2, 0.25) is 0 Å². The molecular weight excluding hydrogens is 348 g/mol. The molecule has 1 fully saturated rings. The van der Waals surface area contributed by atoms with Crippen molar-refractivity contribution in [2.75, 3.05) is 0 Å². The third kappa shape index (κ3) is 4.41. The van der Waals surface area contributed by atoms with Crippen LogP contribution >= 0.6 is 0 Å². The monoisotopic (exact) mass is 376 g/mol. The predicted molar refractivity (Wildman–Crippen MR) is 111 cm³/mol. The van der Waals surface area contributed by atoms with Crippen molar-refractivity contribution in [2.24, 2.45) is 5.92 Å². The highest BCUT2D eigenvalue weighted by molar-refractivity contribution is 6.02. The minimum atomic E-state index is -0.814. The Bertz CT molecular complexity index is 792. The van der Waals surface area contributed by atoms with Crippen molar-refractivity contribution >= 4 is 11.8 Å². The van der Waals surface area contributed by atoms with Gasteiger partial charge in [-0.3, -0.25) is 9.59 Å². The predicted octanol–water partition coefficient (Wildman–Crippen LogP) is 5.26. The minimum Gasteiger partial charge on any atom is -0.458 e. The Labute approximate surface area is 167 Å². The molecule has 146 valence electrons. The fourth-order valence-electron chi connectivity index (χ4n) is 4.15. The highest BCUT2D eigenvalue weighted by Crippen LogP contribution is 2.39. The lowest BCUT2D eigenvalue weighted by Crippen LogP contribution is -2.50. The van der Waals surface area contributed by atoms with Gasteiger partial charge in [0.1, 0.15) is 11.5 Å². The zero-order valence-electron chi connectivity index (χ0n) is 16.5. The van der Waals surface area contributed by atoms with Crippen LogP contribution in [0.2, 0.25) is 0 Å². The number of hydrogen-bond donors (Lipinski definition) is 0. The average Bonchev–Trinajstić information content (AvgIpc) is 2.70. The summed E-state index contributed by atoms with van der Waals surface area (Å²) in [7, 11) is 0. The standard InChI is InChI=1S/C25H28O3/c1-3-5-16-25(17-19-12-8-6-9-13-19)18-22(26)23(24(27)28-25)21(4-2)20-14-10-7-11-15-20/h4,6-15,21,23H,2-3,5,16-18H2,1H3. The van der Waals surface area contributed by atoms with E-state index in [0.717, 1.165) is 24.0 Å². The van der Waals surface area contributed by atoms with Gasteiger partial charge in [-0.2, -0.15) is 0 Å². The number of unbranched alkanes of at least 4 members (excludes halogenated alkanes) is 1. The van der Waals surface area contributed by atoms with Gasteiger partial charge in [0, 0.05) is 18.8 Å². The number of allylic oxidation sites excluding steroid dienone is 1. The quantitative estimate of drug-likeness (QED) is 0.358. The van der Waals surface area contributed by atoms with Crippen LogP contribution in [0.15, 0.2) is 73.3 Å². The highest BCUT2D eigenvalue weighted by Gasteiger charge is 2.48. The zero-order chi connectivity index (χ0) is 20.0. The number of rotatable bonds is 8. The van der Waals surface area contributed by atoms with Gasteiger partial charge >= 0.3 is 5.97 Å². The number of esters is 1. The summed E-state index contributed by atoms with van der Waals surface area (Å²) >= 11 is 0. The third-order valence-electron chi connectivity index (χ3n) is 5.57. The normalized spacial score (nSPS) is 23.1.